The summed E-state index contributed by atoms with van der Waals surface area (Å²) in [6.45, 7) is 6.16. The number of unbranched alkanes of at least 4 members (excludes halogenated alkanes) is 2. The zero-order valence-corrected chi connectivity index (χ0v) is 18.1. The number of methoxy groups -OCH3 is 1. The molecule has 8 nitrogen and oxygen atoms in total. The van der Waals surface area contributed by atoms with Crippen LogP contribution in [0.1, 0.15) is 33.1 Å². The Kier molecular flexibility index (Phi) is 5.40. The first kappa shape index (κ1) is 20.3. The van der Waals surface area contributed by atoms with Gasteiger partial charge in [-0.1, -0.05) is 32.8 Å². The maximum absolute atomic E-state index is 13.3. The fraction of sp³-hybridized carbons (Fsp3) is 0.500. The van der Waals surface area contributed by atoms with Gasteiger partial charge in [-0.05, 0) is 24.5 Å². The standard InChI is InChI=1S/C22H29N5O3/c1-5-6-7-11-25-20(28)18-19(24(3)22(25)29)23-21-26(13-15(2)14-27(18)21)16-9-8-10-17(12-16)30-4/h8-10,12,15H,5-7,11,13-14H2,1-4H3/t15-/m1/s1. The molecule has 0 N–H and O–H groups in total. The first-order valence-electron chi connectivity index (χ1n) is 10.6. The predicted octanol–water partition coefficient (Wildman–Crippen LogP) is 2.88. The molecule has 0 amide bonds. The van der Waals surface area contributed by atoms with Gasteiger partial charge >= 0.3 is 5.69 Å². The Morgan fingerprint density at radius 1 is 1.20 bits per heavy atom. The number of aromatic nitrogens is 4. The van der Waals surface area contributed by atoms with Crippen LogP contribution in [0.3, 0.4) is 0 Å². The van der Waals surface area contributed by atoms with Crippen LogP contribution in [0.5, 0.6) is 5.75 Å². The molecule has 160 valence electrons. The summed E-state index contributed by atoms with van der Waals surface area (Å²) >= 11 is 0. The molecule has 1 aliphatic heterocycles. The van der Waals surface area contributed by atoms with E-state index in [0.29, 0.717) is 36.1 Å². The molecular weight excluding hydrogens is 382 g/mol. The van der Waals surface area contributed by atoms with Gasteiger partial charge in [0.25, 0.3) is 5.56 Å². The number of hydrogen-bond acceptors (Lipinski definition) is 5. The Bertz CT molecular complexity index is 1190. The van der Waals surface area contributed by atoms with Crippen LogP contribution in [0.25, 0.3) is 11.2 Å². The molecule has 30 heavy (non-hydrogen) atoms. The number of aryl methyl sites for hydroxylation is 1. The molecule has 3 heterocycles. The third-order valence-electron chi connectivity index (χ3n) is 5.79. The van der Waals surface area contributed by atoms with E-state index in [0.717, 1.165) is 37.2 Å². The average Bonchev–Trinajstić information content (AvgIpc) is 3.13. The van der Waals surface area contributed by atoms with Crippen molar-refractivity contribution in [1.29, 1.82) is 0 Å². The van der Waals surface area contributed by atoms with Gasteiger partial charge in [-0.2, -0.15) is 4.98 Å². The molecule has 1 aromatic carbocycles. The summed E-state index contributed by atoms with van der Waals surface area (Å²) in [5.74, 6) is 1.76. The normalized spacial score (nSPS) is 16.1. The van der Waals surface area contributed by atoms with Gasteiger partial charge in [0.2, 0.25) is 5.95 Å². The summed E-state index contributed by atoms with van der Waals surface area (Å²) in [6, 6.07) is 7.81. The van der Waals surface area contributed by atoms with Crippen molar-refractivity contribution in [3.05, 3.63) is 45.1 Å². The molecule has 0 radical (unpaired) electrons. The van der Waals surface area contributed by atoms with Gasteiger partial charge in [-0.15, -0.1) is 0 Å². The zero-order chi connectivity index (χ0) is 21.4. The average molecular weight is 412 g/mol. The fourth-order valence-corrected chi connectivity index (χ4v) is 4.22. The van der Waals surface area contributed by atoms with Crippen molar-refractivity contribution in [2.24, 2.45) is 13.0 Å². The Hall–Kier alpha value is -3.03. The number of rotatable bonds is 6. The van der Waals surface area contributed by atoms with E-state index >= 15 is 0 Å². The highest BCUT2D eigenvalue weighted by Gasteiger charge is 2.29. The number of anilines is 2. The summed E-state index contributed by atoms with van der Waals surface area (Å²) in [5.41, 5.74) is 1.34. The predicted molar refractivity (Wildman–Crippen MR) is 118 cm³/mol. The third kappa shape index (κ3) is 3.30. The van der Waals surface area contributed by atoms with E-state index in [1.54, 1.807) is 14.2 Å². The third-order valence-corrected chi connectivity index (χ3v) is 5.79. The van der Waals surface area contributed by atoms with Gasteiger partial charge in [-0.3, -0.25) is 13.9 Å². The van der Waals surface area contributed by atoms with Gasteiger partial charge in [0.1, 0.15) is 5.75 Å². The van der Waals surface area contributed by atoms with Crippen LogP contribution >= 0.6 is 0 Å². The monoisotopic (exact) mass is 411 g/mol. The second kappa shape index (κ2) is 8.01. The lowest BCUT2D eigenvalue weighted by atomic mass is 10.1. The minimum Gasteiger partial charge on any atom is -0.497 e. The molecule has 0 fully saturated rings. The molecular formula is C22H29N5O3. The number of nitrogens with zero attached hydrogens (tertiary/aromatic N) is 5. The first-order valence-corrected chi connectivity index (χ1v) is 10.6. The van der Waals surface area contributed by atoms with E-state index in [2.05, 4.69) is 18.7 Å². The second-order valence-corrected chi connectivity index (χ2v) is 8.12. The zero-order valence-electron chi connectivity index (χ0n) is 18.1. The van der Waals surface area contributed by atoms with Gasteiger partial charge in [0.15, 0.2) is 11.2 Å². The smallest absolute Gasteiger partial charge is 0.332 e. The van der Waals surface area contributed by atoms with Crippen molar-refractivity contribution in [3.63, 3.8) is 0 Å². The largest absolute Gasteiger partial charge is 0.497 e. The van der Waals surface area contributed by atoms with Crippen LogP contribution < -0.4 is 20.9 Å². The van der Waals surface area contributed by atoms with Crippen LogP contribution in [0.15, 0.2) is 33.9 Å². The quantitative estimate of drug-likeness (QED) is 0.583. The summed E-state index contributed by atoms with van der Waals surface area (Å²) < 4.78 is 10.2. The van der Waals surface area contributed by atoms with Crippen LogP contribution in [0.4, 0.5) is 11.6 Å². The lowest BCUT2D eigenvalue weighted by Gasteiger charge is -2.33. The van der Waals surface area contributed by atoms with Crippen LogP contribution in [0, 0.1) is 5.92 Å². The maximum atomic E-state index is 13.3. The van der Waals surface area contributed by atoms with E-state index in [9.17, 15) is 9.59 Å². The van der Waals surface area contributed by atoms with Crippen molar-refractivity contribution in [1.82, 2.24) is 18.7 Å². The number of ether oxygens (including phenoxy) is 1. The van der Waals surface area contributed by atoms with Crippen molar-refractivity contribution >= 4 is 22.8 Å². The molecule has 0 saturated carbocycles. The van der Waals surface area contributed by atoms with E-state index in [1.165, 1.54) is 9.13 Å². The van der Waals surface area contributed by atoms with E-state index < -0.39 is 0 Å². The highest BCUT2D eigenvalue weighted by molar-refractivity contribution is 5.77. The summed E-state index contributed by atoms with van der Waals surface area (Å²) in [7, 11) is 3.34. The van der Waals surface area contributed by atoms with E-state index in [4.69, 9.17) is 9.72 Å². The minimum atomic E-state index is -0.306. The molecule has 1 aliphatic rings. The maximum Gasteiger partial charge on any atom is 0.332 e. The lowest BCUT2D eigenvalue weighted by Crippen LogP contribution is -2.40. The Morgan fingerprint density at radius 3 is 2.73 bits per heavy atom. The van der Waals surface area contributed by atoms with Crippen LogP contribution in [-0.4, -0.2) is 32.3 Å². The molecule has 0 bridgehead atoms. The molecule has 3 aromatic rings. The van der Waals surface area contributed by atoms with Crippen LogP contribution in [-0.2, 0) is 20.1 Å². The Balaban J connectivity index is 1.91. The number of benzene rings is 1. The molecule has 1 atom stereocenters. The highest BCUT2D eigenvalue weighted by atomic mass is 16.5. The first-order chi connectivity index (χ1) is 14.5. The molecule has 4 rings (SSSR count). The Labute approximate surface area is 175 Å². The number of hydrogen-bond donors (Lipinski definition) is 0. The van der Waals surface area contributed by atoms with Crippen molar-refractivity contribution in [2.75, 3.05) is 18.6 Å². The van der Waals surface area contributed by atoms with Gasteiger partial charge in [0, 0.05) is 38.4 Å². The SMILES string of the molecule is CCCCCn1c(=O)c2c(nc3n2C[C@H](C)CN3c2cccc(OC)c2)n(C)c1=O. The number of fused-ring (bicyclic) bond motifs is 3. The van der Waals surface area contributed by atoms with E-state index in [1.807, 2.05) is 28.8 Å². The van der Waals surface area contributed by atoms with Crippen molar-refractivity contribution in [2.45, 2.75) is 46.2 Å². The van der Waals surface area contributed by atoms with Gasteiger partial charge < -0.3 is 14.2 Å². The summed E-state index contributed by atoms with van der Waals surface area (Å²) in [4.78, 5) is 33.0. The van der Waals surface area contributed by atoms with Crippen LogP contribution in [0.2, 0.25) is 0 Å². The summed E-state index contributed by atoms with van der Waals surface area (Å²) in [5, 5.41) is 0. The molecule has 0 saturated heterocycles. The molecule has 0 spiro atoms. The van der Waals surface area contributed by atoms with Crippen molar-refractivity contribution < 1.29 is 4.74 Å². The van der Waals surface area contributed by atoms with Gasteiger partial charge in [-0.25, -0.2) is 4.79 Å². The summed E-state index contributed by atoms with van der Waals surface area (Å²) in [6.07, 6.45) is 2.83. The fourth-order valence-electron chi connectivity index (χ4n) is 4.22. The van der Waals surface area contributed by atoms with E-state index in [-0.39, 0.29) is 11.2 Å². The Morgan fingerprint density at radius 2 is 2.00 bits per heavy atom. The molecule has 2 aromatic heterocycles. The lowest BCUT2D eigenvalue weighted by molar-refractivity contribution is 0.414. The van der Waals surface area contributed by atoms with Crippen molar-refractivity contribution in [3.8, 4) is 5.75 Å². The molecule has 0 aliphatic carbocycles. The molecule has 0 unspecified atom stereocenters. The second-order valence-electron chi connectivity index (χ2n) is 8.12. The number of imidazole rings is 1. The molecule has 8 heteroatoms. The van der Waals surface area contributed by atoms with Gasteiger partial charge in [0.05, 0.1) is 7.11 Å². The minimum absolute atomic E-state index is 0.248. The highest BCUT2D eigenvalue weighted by Crippen LogP contribution is 2.34. The topological polar surface area (TPSA) is 74.3 Å².